The number of hydrazine groups is 1. The van der Waals surface area contributed by atoms with Crippen LogP contribution in [0.5, 0.6) is 5.75 Å². The van der Waals surface area contributed by atoms with Crippen molar-refractivity contribution in [3.63, 3.8) is 0 Å². The minimum absolute atomic E-state index is 0.0513. The van der Waals surface area contributed by atoms with Crippen molar-refractivity contribution >= 4 is 0 Å². The monoisotopic (exact) mass is 251 g/mol. The lowest BCUT2D eigenvalue weighted by molar-refractivity contribution is 0.0953. The van der Waals surface area contributed by atoms with Crippen LogP contribution >= 0.6 is 0 Å². The molecule has 5 nitrogen and oxygen atoms in total. The zero-order chi connectivity index (χ0) is 13.0. The first-order valence-electron chi connectivity index (χ1n) is 6.41. The number of hydrogen-bond acceptors (Lipinski definition) is 5. The van der Waals surface area contributed by atoms with Gasteiger partial charge in [0.25, 0.3) is 0 Å². The molecular weight excluding hydrogens is 230 g/mol. The van der Waals surface area contributed by atoms with Crippen molar-refractivity contribution in [1.29, 1.82) is 0 Å². The Morgan fingerprint density at radius 3 is 3.06 bits per heavy atom. The Labute approximate surface area is 108 Å². The lowest BCUT2D eigenvalue weighted by atomic mass is 9.89. The predicted molar refractivity (Wildman–Crippen MR) is 69.0 cm³/mol. The number of ether oxygens (including phenoxy) is 2. The average Bonchev–Trinajstić information content (AvgIpc) is 2.78. The third-order valence-electron chi connectivity index (χ3n) is 3.45. The summed E-state index contributed by atoms with van der Waals surface area (Å²) in [5, 5.41) is 0. The number of pyridine rings is 1. The first-order valence-corrected chi connectivity index (χ1v) is 6.41. The third-order valence-corrected chi connectivity index (χ3v) is 3.45. The zero-order valence-corrected chi connectivity index (χ0v) is 10.9. The molecule has 1 aliphatic heterocycles. The molecular formula is C13H21N3O2. The first kappa shape index (κ1) is 13.3. The van der Waals surface area contributed by atoms with Gasteiger partial charge >= 0.3 is 0 Å². The second-order valence-corrected chi connectivity index (χ2v) is 4.56. The van der Waals surface area contributed by atoms with Gasteiger partial charge in [-0.25, -0.2) is 0 Å². The van der Waals surface area contributed by atoms with Crippen LogP contribution in [0, 0.1) is 5.92 Å². The summed E-state index contributed by atoms with van der Waals surface area (Å²) in [6.07, 6.45) is 4.77. The van der Waals surface area contributed by atoms with Gasteiger partial charge in [-0.15, -0.1) is 0 Å². The van der Waals surface area contributed by atoms with E-state index in [1.165, 1.54) is 0 Å². The highest BCUT2D eigenvalue weighted by Gasteiger charge is 2.32. The molecule has 1 saturated heterocycles. The largest absolute Gasteiger partial charge is 0.492 e. The van der Waals surface area contributed by atoms with Gasteiger partial charge in [0.2, 0.25) is 0 Å². The minimum Gasteiger partial charge on any atom is -0.492 e. The summed E-state index contributed by atoms with van der Waals surface area (Å²) in [6, 6.07) is 2.04. The maximum atomic E-state index is 5.70. The number of aromatic nitrogens is 1. The van der Waals surface area contributed by atoms with Crippen molar-refractivity contribution in [2.45, 2.75) is 32.4 Å². The predicted octanol–water partition coefficient (Wildman–Crippen LogP) is 1.41. The highest BCUT2D eigenvalue weighted by Crippen LogP contribution is 2.33. The van der Waals surface area contributed by atoms with Crippen molar-refractivity contribution < 1.29 is 9.47 Å². The summed E-state index contributed by atoms with van der Waals surface area (Å²) >= 11 is 0. The third kappa shape index (κ3) is 2.80. The van der Waals surface area contributed by atoms with Crippen LogP contribution in [0.1, 0.15) is 31.9 Å². The van der Waals surface area contributed by atoms with Gasteiger partial charge in [0.15, 0.2) is 0 Å². The van der Waals surface area contributed by atoms with Crippen LogP contribution in [0.3, 0.4) is 0 Å². The van der Waals surface area contributed by atoms with Crippen molar-refractivity contribution in [2.24, 2.45) is 11.8 Å². The molecule has 3 N–H and O–H groups in total. The molecule has 0 radical (unpaired) electrons. The van der Waals surface area contributed by atoms with Gasteiger partial charge in [-0.05, 0) is 31.9 Å². The van der Waals surface area contributed by atoms with Crippen molar-refractivity contribution in [2.75, 3.05) is 13.2 Å². The molecule has 2 heterocycles. The molecule has 0 saturated carbocycles. The Bertz CT molecular complexity index is 386. The molecule has 1 aliphatic rings. The van der Waals surface area contributed by atoms with E-state index in [0.717, 1.165) is 24.3 Å². The summed E-state index contributed by atoms with van der Waals surface area (Å²) in [4.78, 5) is 4.21. The number of hydrogen-bond donors (Lipinski definition) is 2. The van der Waals surface area contributed by atoms with Crippen LogP contribution in [0.15, 0.2) is 18.5 Å². The lowest BCUT2D eigenvalue weighted by Gasteiger charge is -2.25. The SMILES string of the molecule is CCOc1cncc(C(NN)C2CCOC2C)c1. The number of rotatable bonds is 5. The quantitative estimate of drug-likeness (QED) is 0.611. The average molecular weight is 251 g/mol. The lowest BCUT2D eigenvalue weighted by Crippen LogP contribution is -2.36. The highest BCUT2D eigenvalue weighted by atomic mass is 16.5. The number of nitrogens with zero attached hydrogens (tertiary/aromatic N) is 1. The number of nitrogens with two attached hydrogens (primary N) is 1. The normalized spacial score (nSPS) is 25.1. The maximum absolute atomic E-state index is 5.70. The molecule has 1 fully saturated rings. The highest BCUT2D eigenvalue weighted by molar-refractivity contribution is 5.26. The van der Waals surface area contributed by atoms with Gasteiger partial charge in [-0.1, -0.05) is 0 Å². The van der Waals surface area contributed by atoms with Gasteiger partial charge in [-0.3, -0.25) is 16.3 Å². The summed E-state index contributed by atoms with van der Waals surface area (Å²) in [7, 11) is 0. The van der Waals surface area contributed by atoms with Crippen LogP contribution < -0.4 is 16.0 Å². The molecule has 0 aliphatic carbocycles. The molecule has 1 aromatic heterocycles. The summed E-state index contributed by atoms with van der Waals surface area (Å²) < 4.78 is 11.1. The van der Waals surface area contributed by atoms with Gasteiger partial charge in [0.1, 0.15) is 5.75 Å². The summed E-state index contributed by atoms with van der Waals surface area (Å²) in [5.41, 5.74) is 3.93. The Balaban J connectivity index is 2.18. The number of nitrogens with one attached hydrogen (secondary N) is 1. The van der Waals surface area contributed by atoms with Gasteiger partial charge in [-0.2, -0.15) is 0 Å². The minimum atomic E-state index is 0.0513. The van der Waals surface area contributed by atoms with Crippen LogP contribution in [0.25, 0.3) is 0 Å². The Kier molecular flexibility index (Phi) is 4.52. The second-order valence-electron chi connectivity index (χ2n) is 4.56. The molecule has 0 spiro atoms. The summed E-state index contributed by atoms with van der Waals surface area (Å²) in [5.74, 6) is 6.85. The van der Waals surface area contributed by atoms with E-state index in [1.54, 1.807) is 6.20 Å². The van der Waals surface area contributed by atoms with E-state index in [-0.39, 0.29) is 12.1 Å². The molecule has 0 bridgehead atoms. The van der Waals surface area contributed by atoms with Gasteiger partial charge in [0, 0.05) is 18.7 Å². The molecule has 18 heavy (non-hydrogen) atoms. The van der Waals surface area contributed by atoms with Gasteiger partial charge < -0.3 is 9.47 Å². The van der Waals surface area contributed by atoms with Crippen molar-refractivity contribution in [3.8, 4) is 5.75 Å². The van der Waals surface area contributed by atoms with Crippen molar-refractivity contribution in [1.82, 2.24) is 10.4 Å². The van der Waals surface area contributed by atoms with E-state index in [9.17, 15) is 0 Å². The molecule has 1 aromatic rings. The Morgan fingerprint density at radius 2 is 2.44 bits per heavy atom. The van der Waals surface area contributed by atoms with Crippen LogP contribution in [-0.4, -0.2) is 24.3 Å². The van der Waals surface area contributed by atoms with E-state index < -0.39 is 0 Å². The van der Waals surface area contributed by atoms with E-state index in [4.69, 9.17) is 15.3 Å². The smallest absolute Gasteiger partial charge is 0.137 e. The molecule has 100 valence electrons. The summed E-state index contributed by atoms with van der Waals surface area (Å²) in [6.45, 7) is 5.47. The van der Waals surface area contributed by atoms with E-state index in [0.29, 0.717) is 12.5 Å². The Morgan fingerprint density at radius 1 is 1.61 bits per heavy atom. The van der Waals surface area contributed by atoms with E-state index >= 15 is 0 Å². The zero-order valence-electron chi connectivity index (χ0n) is 10.9. The van der Waals surface area contributed by atoms with Gasteiger partial charge in [0.05, 0.1) is 24.9 Å². The van der Waals surface area contributed by atoms with Crippen LogP contribution in [-0.2, 0) is 4.74 Å². The topological polar surface area (TPSA) is 69.4 Å². The molecule has 0 aromatic carbocycles. The molecule has 5 heteroatoms. The first-order chi connectivity index (χ1) is 8.76. The second kappa shape index (κ2) is 6.13. The van der Waals surface area contributed by atoms with E-state index in [1.807, 2.05) is 19.2 Å². The molecule has 2 rings (SSSR count). The molecule has 0 amide bonds. The van der Waals surface area contributed by atoms with Crippen LogP contribution in [0.4, 0.5) is 0 Å². The van der Waals surface area contributed by atoms with E-state index in [2.05, 4.69) is 17.3 Å². The van der Waals surface area contributed by atoms with Crippen LogP contribution in [0.2, 0.25) is 0 Å². The van der Waals surface area contributed by atoms with Crippen molar-refractivity contribution in [3.05, 3.63) is 24.0 Å². The standard InChI is InChI=1S/C13H21N3O2/c1-3-17-11-6-10(7-15-8-11)13(16-14)12-4-5-18-9(12)2/h6-9,12-13,16H,3-5,14H2,1-2H3. The molecule has 3 unspecified atom stereocenters. The molecule has 3 atom stereocenters. The fourth-order valence-electron chi connectivity index (χ4n) is 2.50. The maximum Gasteiger partial charge on any atom is 0.137 e. The fourth-order valence-corrected chi connectivity index (χ4v) is 2.50. The Hall–Kier alpha value is -1.17. The fraction of sp³-hybridized carbons (Fsp3) is 0.615.